The molecular weight excluding hydrogens is 416 g/mol. The van der Waals surface area contributed by atoms with E-state index in [0.29, 0.717) is 6.42 Å². The Labute approximate surface area is 178 Å². The number of nitrogens with two attached hydrogens (primary N) is 4. The molecule has 4 amide bonds. The van der Waals surface area contributed by atoms with Crippen LogP contribution in [0.2, 0.25) is 0 Å². The molecule has 0 fully saturated rings. The van der Waals surface area contributed by atoms with E-state index in [1.807, 2.05) is 5.32 Å². The van der Waals surface area contributed by atoms with Crippen LogP contribution in [0.25, 0.3) is 0 Å². The maximum atomic E-state index is 12.5. The van der Waals surface area contributed by atoms with Crippen LogP contribution in [0.1, 0.15) is 26.2 Å². The van der Waals surface area contributed by atoms with Crippen molar-refractivity contribution in [2.24, 2.45) is 27.9 Å². The minimum absolute atomic E-state index is 0.115. The fourth-order valence-corrected chi connectivity index (χ4v) is 2.27. The van der Waals surface area contributed by atoms with E-state index >= 15 is 0 Å². The molecule has 0 heterocycles. The first kappa shape index (κ1) is 27.5. The second-order valence-corrected chi connectivity index (χ2v) is 6.63. The number of guanidine groups is 1. The molecule has 15 heteroatoms. The van der Waals surface area contributed by atoms with Crippen LogP contribution in [-0.4, -0.2) is 83.1 Å². The molecule has 0 aromatic heterocycles. The molecule has 0 aromatic rings. The van der Waals surface area contributed by atoms with Gasteiger partial charge in [0.25, 0.3) is 0 Å². The first-order chi connectivity index (χ1) is 14.3. The van der Waals surface area contributed by atoms with Gasteiger partial charge in [-0.3, -0.25) is 29.0 Å². The molecule has 13 N–H and O–H groups in total. The molecule has 31 heavy (non-hydrogen) atoms. The largest absolute Gasteiger partial charge is 0.480 e. The zero-order chi connectivity index (χ0) is 24.1. The maximum absolute atomic E-state index is 12.5. The van der Waals surface area contributed by atoms with Gasteiger partial charge in [0.2, 0.25) is 23.6 Å². The van der Waals surface area contributed by atoms with Crippen molar-refractivity contribution in [1.82, 2.24) is 16.0 Å². The lowest BCUT2D eigenvalue weighted by molar-refractivity contribution is -0.139. The predicted molar refractivity (Wildman–Crippen MR) is 108 cm³/mol. The molecule has 15 nitrogen and oxygen atoms in total. The van der Waals surface area contributed by atoms with Gasteiger partial charge in [-0.05, 0) is 19.8 Å². The van der Waals surface area contributed by atoms with Crippen LogP contribution >= 0.6 is 0 Å². The normalized spacial score (nSPS) is 14.3. The van der Waals surface area contributed by atoms with Crippen LogP contribution in [0.4, 0.5) is 0 Å². The van der Waals surface area contributed by atoms with Crippen molar-refractivity contribution in [3.05, 3.63) is 0 Å². The third-order valence-corrected chi connectivity index (χ3v) is 3.82. The molecule has 0 radical (unpaired) electrons. The van der Waals surface area contributed by atoms with Crippen molar-refractivity contribution in [3.63, 3.8) is 0 Å². The number of carboxylic acid groups (broad SMARTS) is 1. The lowest BCUT2D eigenvalue weighted by atomic mass is 10.1. The Morgan fingerprint density at radius 2 is 1.61 bits per heavy atom. The first-order valence-electron chi connectivity index (χ1n) is 9.22. The van der Waals surface area contributed by atoms with Crippen molar-refractivity contribution < 1.29 is 34.2 Å². The number of carboxylic acids is 1. The summed E-state index contributed by atoms with van der Waals surface area (Å²) in [4.78, 5) is 62.4. The molecule has 0 aliphatic heterocycles. The first-order valence-corrected chi connectivity index (χ1v) is 9.22. The van der Waals surface area contributed by atoms with Crippen LogP contribution in [-0.2, 0) is 24.0 Å². The number of aliphatic hydroxyl groups excluding tert-OH is 1. The zero-order valence-corrected chi connectivity index (χ0v) is 17.0. The number of nitrogens with one attached hydrogen (secondary N) is 3. The minimum Gasteiger partial charge on any atom is -0.480 e. The molecule has 0 saturated heterocycles. The number of rotatable bonds is 14. The van der Waals surface area contributed by atoms with E-state index in [9.17, 15) is 29.1 Å². The predicted octanol–water partition coefficient (Wildman–Crippen LogP) is -5.21. The number of carbonyl (C=O) groups is 5. The van der Waals surface area contributed by atoms with E-state index in [1.54, 1.807) is 0 Å². The fraction of sp³-hybridized carbons (Fsp3) is 0.625. The molecule has 4 unspecified atom stereocenters. The third kappa shape index (κ3) is 12.0. The van der Waals surface area contributed by atoms with Gasteiger partial charge in [0.15, 0.2) is 5.96 Å². The summed E-state index contributed by atoms with van der Waals surface area (Å²) in [6.07, 6.45) is -1.49. The molecular formula is C16H30N8O7. The second kappa shape index (κ2) is 13.7. The number of primary amides is 1. The number of aliphatic imine (C=N–C) groups is 1. The summed E-state index contributed by atoms with van der Waals surface area (Å²) >= 11 is 0. The van der Waals surface area contributed by atoms with Gasteiger partial charge in [-0.2, -0.15) is 0 Å². The number of carbonyl (C=O) groups excluding carboxylic acids is 4. The molecule has 0 bridgehead atoms. The molecule has 0 aliphatic carbocycles. The summed E-state index contributed by atoms with van der Waals surface area (Å²) in [7, 11) is 0. The van der Waals surface area contributed by atoms with E-state index in [1.165, 1.54) is 6.92 Å². The number of nitrogens with zero attached hydrogens (tertiary/aromatic N) is 1. The summed E-state index contributed by atoms with van der Waals surface area (Å²) in [6.45, 7) is 0.670. The van der Waals surface area contributed by atoms with Gasteiger partial charge in [0, 0.05) is 6.54 Å². The van der Waals surface area contributed by atoms with Gasteiger partial charge in [-0.15, -0.1) is 0 Å². The van der Waals surface area contributed by atoms with E-state index < -0.39 is 66.8 Å². The summed E-state index contributed by atoms with van der Waals surface area (Å²) < 4.78 is 0. The van der Waals surface area contributed by atoms with Crippen LogP contribution in [0.3, 0.4) is 0 Å². The standard InChI is InChI=1S/C16H30N8O7/c1-7(25)12(15(31)22-6-11(27)28)24-14(30)9(5-10(18)26)23-13(29)8(17)3-2-4-21-16(19)20/h7-9,12,25H,2-6,17H2,1H3,(H2,18,26)(H,22,31)(H,23,29)(H,24,30)(H,27,28)(H4,19,20,21). The smallest absolute Gasteiger partial charge is 0.322 e. The van der Waals surface area contributed by atoms with E-state index in [-0.39, 0.29) is 18.9 Å². The van der Waals surface area contributed by atoms with Crippen LogP contribution < -0.4 is 38.9 Å². The van der Waals surface area contributed by atoms with E-state index in [0.717, 1.165) is 0 Å². The Kier molecular flexibility index (Phi) is 12.2. The summed E-state index contributed by atoms with van der Waals surface area (Å²) in [5, 5.41) is 24.8. The Balaban J connectivity index is 5.09. The van der Waals surface area contributed by atoms with Gasteiger partial charge in [-0.25, -0.2) is 0 Å². The van der Waals surface area contributed by atoms with Crippen molar-refractivity contribution in [2.75, 3.05) is 13.1 Å². The molecule has 0 saturated carbocycles. The van der Waals surface area contributed by atoms with E-state index in [2.05, 4.69) is 15.6 Å². The number of amides is 4. The number of aliphatic carboxylic acids is 1. The molecule has 176 valence electrons. The Hall–Kier alpha value is -3.46. The number of hydrogen-bond acceptors (Lipinski definition) is 8. The molecule has 0 aliphatic rings. The van der Waals surface area contributed by atoms with Crippen molar-refractivity contribution >= 4 is 35.6 Å². The van der Waals surface area contributed by atoms with Crippen molar-refractivity contribution in [3.8, 4) is 0 Å². The fourth-order valence-electron chi connectivity index (χ4n) is 2.27. The SMILES string of the molecule is CC(O)C(NC(=O)C(CC(N)=O)NC(=O)C(N)CCCN=C(N)N)C(=O)NCC(=O)O. The summed E-state index contributed by atoms with van der Waals surface area (Å²) in [6, 6.07) is -4.08. The van der Waals surface area contributed by atoms with Crippen molar-refractivity contribution in [2.45, 2.75) is 50.4 Å². The second-order valence-electron chi connectivity index (χ2n) is 6.63. The van der Waals surface area contributed by atoms with Gasteiger partial charge in [0.1, 0.15) is 18.6 Å². The third-order valence-electron chi connectivity index (χ3n) is 3.82. The van der Waals surface area contributed by atoms with Crippen LogP contribution in [0.5, 0.6) is 0 Å². The molecule has 0 spiro atoms. The maximum Gasteiger partial charge on any atom is 0.322 e. The number of hydrogen-bond donors (Lipinski definition) is 9. The van der Waals surface area contributed by atoms with Crippen LogP contribution in [0, 0.1) is 0 Å². The zero-order valence-electron chi connectivity index (χ0n) is 17.0. The summed E-state index contributed by atoms with van der Waals surface area (Å²) in [5.74, 6) is -5.13. The molecule has 0 rings (SSSR count). The van der Waals surface area contributed by atoms with Crippen LogP contribution in [0.15, 0.2) is 4.99 Å². The van der Waals surface area contributed by atoms with Gasteiger partial charge < -0.3 is 49.1 Å². The Morgan fingerprint density at radius 3 is 2.10 bits per heavy atom. The van der Waals surface area contributed by atoms with Gasteiger partial charge in [-0.1, -0.05) is 0 Å². The van der Waals surface area contributed by atoms with Gasteiger partial charge in [0.05, 0.1) is 18.6 Å². The Morgan fingerprint density at radius 1 is 1.00 bits per heavy atom. The number of aliphatic hydroxyl groups is 1. The topological polar surface area (TPSA) is 278 Å². The van der Waals surface area contributed by atoms with Crippen molar-refractivity contribution in [1.29, 1.82) is 0 Å². The van der Waals surface area contributed by atoms with E-state index in [4.69, 9.17) is 28.0 Å². The summed E-state index contributed by atoms with van der Waals surface area (Å²) in [5.41, 5.74) is 21.2. The average Bonchev–Trinajstić information content (AvgIpc) is 2.65. The molecule has 0 aromatic carbocycles. The monoisotopic (exact) mass is 446 g/mol. The van der Waals surface area contributed by atoms with Gasteiger partial charge >= 0.3 is 5.97 Å². The quantitative estimate of drug-likeness (QED) is 0.0694. The highest BCUT2D eigenvalue weighted by atomic mass is 16.4. The average molecular weight is 446 g/mol. The lowest BCUT2D eigenvalue weighted by Gasteiger charge is -2.24. The minimum atomic E-state index is -1.55. The lowest BCUT2D eigenvalue weighted by Crippen LogP contribution is -2.59. The highest BCUT2D eigenvalue weighted by Gasteiger charge is 2.31. The Bertz CT molecular complexity index is 693. The highest BCUT2D eigenvalue weighted by Crippen LogP contribution is 2.01. The highest BCUT2D eigenvalue weighted by molar-refractivity contribution is 5.96. The molecule has 4 atom stereocenters.